The number of carbonyl (C=O) groups excluding carboxylic acids is 2. The van der Waals surface area contributed by atoms with Crippen LogP contribution in [0.2, 0.25) is 5.02 Å². The van der Waals surface area contributed by atoms with Gasteiger partial charge >= 0.3 is 6.03 Å². The van der Waals surface area contributed by atoms with Gasteiger partial charge in [0, 0.05) is 18.7 Å². The van der Waals surface area contributed by atoms with Gasteiger partial charge in [0.1, 0.15) is 0 Å². The van der Waals surface area contributed by atoms with Crippen LogP contribution < -0.4 is 15.5 Å². The maximum Gasteiger partial charge on any atom is 0.323 e. The van der Waals surface area contributed by atoms with Crippen LogP contribution >= 0.6 is 11.6 Å². The molecule has 128 valence electrons. The third-order valence-electron chi connectivity index (χ3n) is 4.65. The van der Waals surface area contributed by atoms with Gasteiger partial charge in [-0.1, -0.05) is 23.7 Å². The highest BCUT2D eigenvalue weighted by Gasteiger charge is 2.29. The number of hydrogen-bond donors (Lipinski definition) is 2. The number of nitrogens with one attached hydrogen (secondary N) is 2. The number of carbonyl (C=O) groups is 2. The normalized spacial score (nSPS) is 15.6. The predicted octanol–water partition coefficient (Wildman–Crippen LogP) is 4.21. The van der Waals surface area contributed by atoms with Crippen molar-refractivity contribution in [2.75, 3.05) is 22.1 Å². The highest BCUT2D eigenvalue weighted by atomic mass is 35.5. The zero-order valence-corrected chi connectivity index (χ0v) is 14.4. The smallest absolute Gasteiger partial charge is 0.312 e. The predicted molar refractivity (Wildman–Crippen MR) is 99.5 cm³/mol. The number of halogens is 1. The highest BCUT2D eigenvalue weighted by molar-refractivity contribution is 6.33. The molecule has 2 heterocycles. The zero-order valence-electron chi connectivity index (χ0n) is 13.6. The van der Waals surface area contributed by atoms with Gasteiger partial charge in [0.2, 0.25) is 5.91 Å². The van der Waals surface area contributed by atoms with Gasteiger partial charge in [0.25, 0.3) is 0 Å². The largest absolute Gasteiger partial charge is 0.323 e. The van der Waals surface area contributed by atoms with Gasteiger partial charge in [0.15, 0.2) is 0 Å². The van der Waals surface area contributed by atoms with Crippen LogP contribution in [0.25, 0.3) is 0 Å². The lowest BCUT2D eigenvalue weighted by Gasteiger charge is -2.35. The Labute approximate surface area is 151 Å². The minimum atomic E-state index is -0.334. The molecular formula is C19H18ClN3O2. The fraction of sp³-hybridized carbons (Fsp3) is 0.263. The maximum atomic E-state index is 12.3. The summed E-state index contributed by atoms with van der Waals surface area (Å²) in [5, 5.41) is 6.13. The molecule has 25 heavy (non-hydrogen) atoms. The minimum Gasteiger partial charge on any atom is -0.312 e. The first-order chi connectivity index (χ1) is 12.1. The molecule has 2 aliphatic heterocycles. The Kier molecular flexibility index (Phi) is 4.09. The summed E-state index contributed by atoms with van der Waals surface area (Å²) in [7, 11) is 0. The molecule has 2 aromatic carbocycles. The summed E-state index contributed by atoms with van der Waals surface area (Å²) in [5.74, 6) is 0.200. The Morgan fingerprint density at radius 2 is 1.80 bits per heavy atom. The van der Waals surface area contributed by atoms with E-state index >= 15 is 0 Å². The Bertz CT molecular complexity index is 848. The molecule has 2 N–H and O–H groups in total. The van der Waals surface area contributed by atoms with Crippen LogP contribution in [-0.2, 0) is 17.6 Å². The number of rotatable bonds is 2. The number of benzene rings is 2. The zero-order chi connectivity index (χ0) is 17.4. The quantitative estimate of drug-likeness (QED) is 0.847. The highest BCUT2D eigenvalue weighted by Crippen LogP contribution is 2.37. The second-order valence-electron chi connectivity index (χ2n) is 6.35. The standard InChI is InChI=1S/C19H18ClN3O2/c20-15-5-1-2-6-16(15)22-19(25)21-14-10-12-4-3-9-23-17(24)8-7-13(11-14)18(12)23/h1-2,5-6,10-11H,3-4,7-9H2,(H2,21,22,25). The summed E-state index contributed by atoms with van der Waals surface area (Å²) >= 11 is 6.07. The lowest BCUT2D eigenvalue weighted by Crippen LogP contribution is -2.39. The van der Waals surface area contributed by atoms with E-state index in [1.54, 1.807) is 12.1 Å². The molecule has 0 aromatic heterocycles. The van der Waals surface area contributed by atoms with E-state index in [1.807, 2.05) is 29.2 Å². The first kappa shape index (κ1) is 16.0. The third-order valence-corrected chi connectivity index (χ3v) is 4.98. The molecule has 2 aromatic rings. The molecule has 0 fully saturated rings. The van der Waals surface area contributed by atoms with Crippen molar-refractivity contribution in [2.45, 2.75) is 25.7 Å². The number of hydrogen-bond acceptors (Lipinski definition) is 2. The monoisotopic (exact) mass is 355 g/mol. The summed E-state index contributed by atoms with van der Waals surface area (Å²) in [6.07, 6.45) is 3.13. The van der Waals surface area contributed by atoms with Crippen molar-refractivity contribution in [3.8, 4) is 0 Å². The molecule has 0 saturated heterocycles. The fourth-order valence-electron chi connectivity index (χ4n) is 3.57. The molecule has 0 saturated carbocycles. The second kappa shape index (κ2) is 6.41. The fourth-order valence-corrected chi connectivity index (χ4v) is 3.76. The Morgan fingerprint density at radius 3 is 2.60 bits per heavy atom. The molecule has 5 nitrogen and oxygen atoms in total. The maximum absolute atomic E-state index is 12.3. The van der Waals surface area contributed by atoms with Crippen LogP contribution in [0.15, 0.2) is 36.4 Å². The average Bonchev–Trinajstić information content (AvgIpc) is 2.60. The van der Waals surface area contributed by atoms with Gasteiger partial charge in [-0.25, -0.2) is 4.79 Å². The lowest BCUT2D eigenvalue weighted by atomic mass is 9.91. The molecule has 0 unspecified atom stereocenters. The van der Waals surface area contributed by atoms with E-state index in [0.29, 0.717) is 17.1 Å². The molecule has 6 heteroatoms. The van der Waals surface area contributed by atoms with E-state index in [2.05, 4.69) is 10.6 Å². The number of anilines is 3. The Balaban J connectivity index is 1.57. The minimum absolute atomic E-state index is 0.200. The van der Waals surface area contributed by atoms with E-state index in [1.165, 1.54) is 0 Å². The van der Waals surface area contributed by atoms with Crippen molar-refractivity contribution in [2.24, 2.45) is 0 Å². The Morgan fingerprint density at radius 1 is 1.04 bits per heavy atom. The van der Waals surface area contributed by atoms with Crippen LogP contribution in [-0.4, -0.2) is 18.5 Å². The topological polar surface area (TPSA) is 61.4 Å². The first-order valence-electron chi connectivity index (χ1n) is 8.40. The van der Waals surface area contributed by atoms with E-state index < -0.39 is 0 Å². The summed E-state index contributed by atoms with van der Waals surface area (Å²) in [4.78, 5) is 26.3. The summed E-state index contributed by atoms with van der Waals surface area (Å²) in [6, 6.07) is 10.7. The molecule has 4 rings (SSSR count). The molecule has 0 spiro atoms. The van der Waals surface area contributed by atoms with Crippen molar-refractivity contribution in [1.82, 2.24) is 0 Å². The summed E-state index contributed by atoms with van der Waals surface area (Å²) in [5.41, 5.74) is 4.63. The number of aryl methyl sites for hydroxylation is 2. The van der Waals surface area contributed by atoms with Crippen LogP contribution in [0.4, 0.5) is 21.9 Å². The van der Waals surface area contributed by atoms with Crippen molar-refractivity contribution in [3.63, 3.8) is 0 Å². The van der Waals surface area contributed by atoms with Crippen LogP contribution in [0.3, 0.4) is 0 Å². The van der Waals surface area contributed by atoms with Gasteiger partial charge < -0.3 is 15.5 Å². The van der Waals surface area contributed by atoms with E-state index in [9.17, 15) is 9.59 Å². The molecule has 0 aliphatic carbocycles. The Hall–Kier alpha value is -2.53. The van der Waals surface area contributed by atoms with Gasteiger partial charge in [-0.15, -0.1) is 0 Å². The van der Waals surface area contributed by atoms with Gasteiger partial charge in [0.05, 0.1) is 16.4 Å². The average molecular weight is 356 g/mol. The third kappa shape index (κ3) is 3.07. The van der Waals surface area contributed by atoms with E-state index in [4.69, 9.17) is 11.6 Å². The van der Waals surface area contributed by atoms with Crippen molar-refractivity contribution >= 4 is 40.6 Å². The summed E-state index contributed by atoms with van der Waals surface area (Å²) < 4.78 is 0. The first-order valence-corrected chi connectivity index (χ1v) is 8.78. The van der Waals surface area contributed by atoms with Crippen LogP contribution in [0.1, 0.15) is 24.0 Å². The van der Waals surface area contributed by atoms with Crippen LogP contribution in [0.5, 0.6) is 0 Å². The van der Waals surface area contributed by atoms with Crippen molar-refractivity contribution in [1.29, 1.82) is 0 Å². The second-order valence-corrected chi connectivity index (χ2v) is 6.76. The number of urea groups is 1. The van der Waals surface area contributed by atoms with Gasteiger partial charge in [-0.05, 0) is 54.7 Å². The van der Waals surface area contributed by atoms with E-state index in [0.717, 1.165) is 48.3 Å². The number of amides is 3. The molecule has 0 bridgehead atoms. The summed E-state index contributed by atoms with van der Waals surface area (Å²) in [6.45, 7) is 0.790. The lowest BCUT2D eigenvalue weighted by molar-refractivity contribution is -0.119. The number of para-hydroxylation sites is 1. The molecule has 0 radical (unpaired) electrons. The SMILES string of the molecule is O=C(Nc1cc2c3c(c1)CCC(=O)N3CCC2)Nc1ccccc1Cl. The molecule has 2 aliphatic rings. The van der Waals surface area contributed by atoms with E-state index in [-0.39, 0.29) is 11.9 Å². The molecule has 0 atom stereocenters. The van der Waals surface area contributed by atoms with Gasteiger partial charge in [-0.3, -0.25) is 4.79 Å². The van der Waals surface area contributed by atoms with Crippen molar-refractivity contribution in [3.05, 3.63) is 52.5 Å². The van der Waals surface area contributed by atoms with Crippen molar-refractivity contribution < 1.29 is 9.59 Å². The number of nitrogens with zero attached hydrogens (tertiary/aromatic N) is 1. The molecular weight excluding hydrogens is 338 g/mol. The van der Waals surface area contributed by atoms with Crippen LogP contribution in [0, 0.1) is 0 Å². The molecule has 3 amide bonds. The van der Waals surface area contributed by atoms with Gasteiger partial charge in [-0.2, -0.15) is 0 Å².